The molecule has 98 valence electrons. The summed E-state index contributed by atoms with van der Waals surface area (Å²) >= 11 is 11.6. The molecule has 2 rings (SSSR count). The lowest BCUT2D eigenvalue weighted by Gasteiger charge is -1.97. The van der Waals surface area contributed by atoms with Crippen molar-refractivity contribution in [1.29, 1.82) is 0 Å². The molecule has 9 heteroatoms. The number of amides is 1. The van der Waals surface area contributed by atoms with Gasteiger partial charge in [0.05, 0.1) is 16.3 Å². The van der Waals surface area contributed by atoms with E-state index in [-0.39, 0.29) is 11.5 Å². The number of nitrogens with two attached hydrogens (primary N) is 1. The van der Waals surface area contributed by atoms with Crippen LogP contribution in [0.25, 0.3) is 0 Å². The van der Waals surface area contributed by atoms with Gasteiger partial charge in [-0.1, -0.05) is 29.3 Å². The molecule has 0 saturated carbocycles. The van der Waals surface area contributed by atoms with Crippen molar-refractivity contribution in [3.63, 3.8) is 0 Å². The highest BCUT2D eigenvalue weighted by Crippen LogP contribution is 2.21. The maximum absolute atomic E-state index is 11.5. The summed E-state index contributed by atoms with van der Waals surface area (Å²) in [5.74, 6) is -0.739. The van der Waals surface area contributed by atoms with Crippen LogP contribution in [0.5, 0.6) is 0 Å². The Bertz CT molecular complexity index is 641. The smallest absolute Gasteiger partial charge is 0.297 e. The molecule has 0 unspecified atom stereocenters. The second kappa shape index (κ2) is 5.68. The Morgan fingerprint density at radius 2 is 2.16 bits per heavy atom. The number of hydrazone groups is 1. The van der Waals surface area contributed by atoms with Crippen LogP contribution in [0.15, 0.2) is 27.9 Å². The SMILES string of the molecule is Nc1nonc1C(=O)N/N=C\c1ccc(Cl)c(Cl)c1. The lowest BCUT2D eigenvalue weighted by molar-refractivity contribution is 0.0946. The lowest BCUT2D eigenvalue weighted by atomic mass is 10.2. The Hall–Kier alpha value is -2.12. The third-order valence-electron chi connectivity index (χ3n) is 2.05. The van der Waals surface area contributed by atoms with Gasteiger partial charge in [0.15, 0.2) is 0 Å². The van der Waals surface area contributed by atoms with Crippen LogP contribution >= 0.6 is 23.2 Å². The van der Waals surface area contributed by atoms with E-state index in [1.165, 1.54) is 6.21 Å². The number of anilines is 1. The first-order valence-electron chi connectivity index (χ1n) is 4.94. The number of rotatable bonds is 3. The molecular formula is C10H7Cl2N5O2. The van der Waals surface area contributed by atoms with Crippen molar-refractivity contribution in [3.05, 3.63) is 39.5 Å². The number of benzene rings is 1. The lowest BCUT2D eigenvalue weighted by Crippen LogP contribution is -2.19. The van der Waals surface area contributed by atoms with Gasteiger partial charge in [-0.3, -0.25) is 4.79 Å². The summed E-state index contributed by atoms with van der Waals surface area (Å²) in [6, 6.07) is 4.91. The van der Waals surface area contributed by atoms with Gasteiger partial charge in [-0.05, 0) is 28.0 Å². The molecule has 0 spiro atoms. The zero-order valence-electron chi connectivity index (χ0n) is 9.30. The van der Waals surface area contributed by atoms with Gasteiger partial charge in [-0.25, -0.2) is 10.1 Å². The predicted octanol–water partition coefficient (Wildman–Crippen LogP) is 1.72. The molecule has 1 aromatic heterocycles. The van der Waals surface area contributed by atoms with Crippen LogP contribution in [0.4, 0.5) is 5.82 Å². The second-order valence-electron chi connectivity index (χ2n) is 3.37. The summed E-state index contributed by atoms with van der Waals surface area (Å²) in [6.07, 6.45) is 1.39. The zero-order valence-corrected chi connectivity index (χ0v) is 10.8. The minimum absolute atomic E-state index is 0.109. The molecular weight excluding hydrogens is 293 g/mol. The number of nitrogens with one attached hydrogen (secondary N) is 1. The molecule has 1 aromatic carbocycles. The van der Waals surface area contributed by atoms with Gasteiger partial charge in [-0.2, -0.15) is 5.10 Å². The van der Waals surface area contributed by atoms with E-state index in [0.29, 0.717) is 15.6 Å². The van der Waals surface area contributed by atoms with Crippen LogP contribution in [0.1, 0.15) is 16.1 Å². The molecule has 0 radical (unpaired) electrons. The Kier molecular flexibility index (Phi) is 3.98. The van der Waals surface area contributed by atoms with E-state index >= 15 is 0 Å². The standard InChI is InChI=1S/C10H7Cl2N5O2/c11-6-2-1-5(3-7(6)12)4-14-15-10(18)8-9(13)17-19-16-8/h1-4H,(H2,13,17)(H,15,18)/b14-4-. The normalized spacial score (nSPS) is 10.8. The average Bonchev–Trinajstić information content (AvgIpc) is 2.80. The van der Waals surface area contributed by atoms with Crippen LogP contribution in [0, 0.1) is 0 Å². The molecule has 19 heavy (non-hydrogen) atoms. The predicted molar refractivity (Wildman–Crippen MR) is 70.2 cm³/mol. The molecule has 0 aliphatic rings. The first kappa shape index (κ1) is 13.3. The van der Waals surface area contributed by atoms with Gasteiger partial charge in [-0.15, -0.1) is 0 Å². The van der Waals surface area contributed by atoms with Crippen molar-refractivity contribution in [2.75, 3.05) is 5.73 Å². The Labute approximate surface area is 117 Å². The van der Waals surface area contributed by atoms with Crippen molar-refractivity contribution in [3.8, 4) is 0 Å². The summed E-state index contributed by atoms with van der Waals surface area (Å²) in [6.45, 7) is 0. The van der Waals surface area contributed by atoms with Crippen molar-refractivity contribution in [1.82, 2.24) is 15.7 Å². The second-order valence-corrected chi connectivity index (χ2v) is 4.19. The van der Waals surface area contributed by atoms with E-state index in [0.717, 1.165) is 0 Å². The number of hydrogen-bond acceptors (Lipinski definition) is 6. The third kappa shape index (κ3) is 3.21. The van der Waals surface area contributed by atoms with E-state index in [2.05, 4.69) is 25.5 Å². The van der Waals surface area contributed by atoms with Gasteiger partial charge in [0.25, 0.3) is 5.91 Å². The largest absolute Gasteiger partial charge is 0.379 e. The van der Waals surface area contributed by atoms with Gasteiger partial charge in [0.1, 0.15) is 0 Å². The van der Waals surface area contributed by atoms with Gasteiger partial charge in [0.2, 0.25) is 11.5 Å². The zero-order chi connectivity index (χ0) is 13.8. The number of aromatic nitrogens is 2. The Balaban J connectivity index is 2.02. The van der Waals surface area contributed by atoms with Gasteiger partial charge in [0, 0.05) is 0 Å². The number of carbonyl (C=O) groups excluding carboxylic acids is 1. The van der Waals surface area contributed by atoms with Crippen LogP contribution in [0.2, 0.25) is 10.0 Å². The summed E-state index contributed by atoms with van der Waals surface area (Å²) in [5, 5.41) is 11.1. The number of halogens is 2. The first-order valence-corrected chi connectivity index (χ1v) is 5.70. The quantitative estimate of drug-likeness (QED) is 0.663. The maximum atomic E-state index is 11.5. The highest BCUT2D eigenvalue weighted by Gasteiger charge is 2.14. The Morgan fingerprint density at radius 3 is 2.79 bits per heavy atom. The van der Waals surface area contributed by atoms with Crippen LogP contribution in [-0.4, -0.2) is 22.4 Å². The highest BCUT2D eigenvalue weighted by atomic mass is 35.5. The summed E-state index contributed by atoms with van der Waals surface area (Å²) in [4.78, 5) is 11.5. The van der Waals surface area contributed by atoms with Crippen molar-refractivity contribution >= 4 is 41.1 Å². The van der Waals surface area contributed by atoms with E-state index in [1.54, 1.807) is 18.2 Å². The minimum Gasteiger partial charge on any atom is -0.379 e. The van der Waals surface area contributed by atoms with E-state index in [9.17, 15) is 4.79 Å². The van der Waals surface area contributed by atoms with Crippen LogP contribution in [-0.2, 0) is 0 Å². The highest BCUT2D eigenvalue weighted by molar-refractivity contribution is 6.42. The summed E-state index contributed by atoms with van der Waals surface area (Å²) in [7, 11) is 0. The molecule has 0 saturated heterocycles. The first-order chi connectivity index (χ1) is 9.08. The van der Waals surface area contributed by atoms with E-state index in [1.807, 2.05) is 0 Å². The van der Waals surface area contributed by atoms with Crippen molar-refractivity contribution < 1.29 is 9.42 Å². The molecule has 0 atom stereocenters. The van der Waals surface area contributed by atoms with Gasteiger partial charge >= 0.3 is 0 Å². The minimum atomic E-state index is -0.630. The molecule has 0 aliphatic carbocycles. The molecule has 1 amide bonds. The van der Waals surface area contributed by atoms with Crippen molar-refractivity contribution in [2.24, 2.45) is 5.10 Å². The Morgan fingerprint density at radius 1 is 1.37 bits per heavy atom. The van der Waals surface area contributed by atoms with E-state index < -0.39 is 5.91 Å². The topological polar surface area (TPSA) is 106 Å². The fourth-order valence-electron chi connectivity index (χ4n) is 1.16. The molecule has 2 aromatic rings. The van der Waals surface area contributed by atoms with Crippen molar-refractivity contribution in [2.45, 2.75) is 0 Å². The summed E-state index contributed by atoms with van der Waals surface area (Å²) in [5.41, 5.74) is 8.10. The van der Waals surface area contributed by atoms with Gasteiger partial charge < -0.3 is 5.73 Å². The molecule has 7 nitrogen and oxygen atoms in total. The molecule has 0 bridgehead atoms. The van der Waals surface area contributed by atoms with E-state index in [4.69, 9.17) is 28.9 Å². The summed E-state index contributed by atoms with van der Waals surface area (Å²) < 4.78 is 4.29. The maximum Gasteiger partial charge on any atom is 0.297 e. The molecule has 1 heterocycles. The monoisotopic (exact) mass is 299 g/mol. The number of nitrogens with zero attached hydrogens (tertiary/aromatic N) is 3. The number of carbonyl (C=O) groups is 1. The van der Waals surface area contributed by atoms with Crippen LogP contribution < -0.4 is 11.2 Å². The molecule has 0 fully saturated rings. The fourth-order valence-corrected chi connectivity index (χ4v) is 1.47. The number of hydrogen-bond donors (Lipinski definition) is 2. The fraction of sp³-hybridized carbons (Fsp3) is 0. The number of nitrogen functional groups attached to an aromatic ring is 1. The molecule has 3 N–H and O–H groups in total. The molecule has 0 aliphatic heterocycles. The third-order valence-corrected chi connectivity index (χ3v) is 2.79. The van der Waals surface area contributed by atoms with Crippen LogP contribution in [0.3, 0.4) is 0 Å². The average molecular weight is 300 g/mol.